The summed E-state index contributed by atoms with van der Waals surface area (Å²) in [6.07, 6.45) is 0. The molecule has 0 aliphatic rings. The van der Waals surface area contributed by atoms with Gasteiger partial charge in [-0.25, -0.2) is 0 Å². The summed E-state index contributed by atoms with van der Waals surface area (Å²) in [6.45, 7) is 0. The van der Waals surface area contributed by atoms with E-state index in [-0.39, 0.29) is 22.1 Å². The molecule has 0 saturated carbocycles. The molecule has 13 heavy (non-hydrogen) atoms. The van der Waals surface area contributed by atoms with Crippen LogP contribution in [0.2, 0.25) is 0 Å². The first-order valence-electron chi connectivity index (χ1n) is 2.85. The summed E-state index contributed by atoms with van der Waals surface area (Å²) < 4.78 is 45.1. The summed E-state index contributed by atoms with van der Waals surface area (Å²) in [4.78, 5) is 0. The molecule has 0 aromatic heterocycles. The van der Waals surface area contributed by atoms with Crippen molar-refractivity contribution >= 4 is 36.7 Å². The van der Waals surface area contributed by atoms with Crippen LogP contribution < -0.4 is 0 Å². The van der Waals surface area contributed by atoms with Gasteiger partial charge in [0.05, 0.1) is 0 Å². The predicted molar refractivity (Wildman–Crippen MR) is 37.4 cm³/mol. The van der Waals surface area contributed by atoms with Crippen LogP contribution in [0.3, 0.4) is 0 Å². The van der Waals surface area contributed by atoms with E-state index < -0.39 is 14.6 Å². The molecule has 0 aliphatic heterocycles. The van der Waals surface area contributed by atoms with E-state index in [1.807, 2.05) is 0 Å². The SMILES string of the molecule is O=BOB(O)OB(OB=O)OB=O. The second-order valence-electron chi connectivity index (χ2n) is 1.43. The summed E-state index contributed by atoms with van der Waals surface area (Å²) in [5.74, 6) is 0. The molecule has 0 amide bonds. The second kappa shape index (κ2) is 7.68. The van der Waals surface area contributed by atoms with Gasteiger partial charge in [0.25, 0.3) is 0 Å². The predicted octanol–water partition coefficient (Wildman–Crippen LogP) is -3.09. The molecule has 0 fully saturated rings. The van der Waals surface area contributed by atoms with Gasteiger partial charge in [0.15, 0.2) is 0 Å². The maximum atomic E-state index is 9.74. The van der Waals surface area contributed by atoms with Gasteiger partial charge >= 0.3 is 74.1 Å². The van der Waals surface area contributed by atoms with Gasteiger partial charge in [-0.2, -0.15) is 0 Å². The van der Waals surface area contributed by atoms with Crippen LogP contribution in [0.15, 0.2) is 0 Å². The van der Waals surface area contributed by atoms with Crippen LogP contribution in [0.4, 0.5) is 0 Å². The van der Waals surface area contributed by atoms with E-state index in [9.17, 15) is 14.1 Å². The molecular weight excluding hydrogens is 182 g/mol. The first-order valence-corrected chi connectivity index (χ1v) is 2.85. The summed E-state index contributed by atoms with van der Waals surface area (Å²) in [6, 6.07) is 0. The van der Waals surface area contributed by atoms with E-state index in [0.717, 1.165) is 0 Å². The van der Waals surface area contributed by atoms with Gasteiger partial charge < -0.3 is 0 Å². The summed E-state index contributed by atoms with van der Waals surface area (Å²) in [7, 11) is -4.01. The molecule has 0 heterocycles. The first kappa shape index (κ1) is 12.0. The Morgan fingerprint density at radius 2 is 1.38 bits per heavy atom. The molecule has 13 heteroatoms. The van der Waals surface area contributed by atoms with Gasteiger partial charge in [0.2, 0.25) is 0 Å². The third-order valence-electron chi connectivity index (χ3n) is 0.733. The molecule has 0 radical (unpaired) electrons. The molecule has 0 aliphatic carbocycles. The third kappa shape index (κ3) is 6.23. The van der Waals surface area contributed by atoms with E-state index in [2.05, 4.69) is 18.3 Å². The minimum absolute atomic E-state index is 0.0816. The zero-order valence-corrected chi connectivity index (χ0v) is 6.19. The average molecular weight is 183 g/mol. The molecular formula is HB5O8. The normalized spacial score (nSPS) is 7.15. The zero-order valence-electron chi connectivity index (χ0n) is 6.19. The van der Waals surface area contributed by atoms with Crippen molar-refractivity contribution in [3.8, 4) is 0 Å². The van der Waals surface area contributed by atoms with E-state index >= 15 is 0 Å². The van der Waals surface area contributed by atoms with Gasteiger partial charge in [-0.15, -0.1) is 0 Å². The Morgan fingerprint density at radius 1 is 0.923 bits per heavy atom. The van der Waals surface area contributed by atoms with E-state index in [4.69, 9.17) is 5.02 Å². The fourth-order valence-corrected chi connectivity index (χ4v) is 0.362. The van der Waals surface area contributed by atoms with Gasteiger partial charge in [-0.1, -0.05) is 0 Å². The third-order valence-corrected chi connectivity index (χ3v) is 0.733. The van der Waals surface area contributed by atoms with Crippen molar-refractivity contribution in [2.24, 2.45) is 0 Å². The Kier molecular flexibility index (Phi) is 7.12. The van der Waals surface area contributed by atoms with E-state index in [1.165, 1.54) is 0 Å². The van der Waals surface area contributed by atoms with Crippen molar-refractivity contribution in [1.82, 2.24) is 0 Å². The molecule has 0 saturated heterocycles. The van der Waals surface area contributed by atoms with Crippen LogP contribution in [0.5, 0.6) is 0 Å². The molecule has 0 atom stereocenters. The quantitative estimate of drug-likeness (QED) is 0.394. The Balaban J connectivity index is 3.83. The van der Waals surface area contributed by atoms with Crippen molar-refractivity contribution in [3.05, 3.63) is 0 Å². The second-order valence-corrected chi connectivity index (χ2v) is 1.43. The van der Waals surface area contributed by atoms with Gasteiger partial charge in [-0.05, 0) is 0 Å². The van der Waals surface area contributed by atoms with E-state index in [1.54, 1.807) is 0 Å². The van der Waals surface area contributed by atoms with Crippen LogP contribution in [0, 0.1) is 0 Å². The molecule has 0 rings (SSSR count). The Morgan fingerprint density at radius 3 is 1.77 bits per heavy atom. The van der Waals surface area contributed by atoms with Crippen molar-refractivity contribution in [3.63, 3.8) is 0 Å². The van der Waals surface area contributed by atoms with Gasteiger partial charge in [0, 0.05) is 0 Å². The fraction of sp³-hybridized carbons (Fsp3) is 0. The summed E-state index contributed by atoms with van der Waals surface area (Å²) >= 11 is 0. The molecule has 0 unspecified atom stereocenters. The number of hydrogen-bond donors (Lipinski definition) is 1. The molecule has 0 spiro atoms. The Labute approximate surface area is 75.1 Å². The van der Waals surface area contributed by atoms with Gasteiger partial charge in [-0.3, -0.25) is 0 Å². The van der Waals surface area contributed by atoms with Crippen LogP contribution in [0.1, 0.15) is 0 Å². The van der Waals surface area contributed by atoms with Crippen molar-refractivity contribution in [1.29, 1.82) is 0 Å². The Bertz CT molecular complexity index is 158. The first-order chi connectivity index (χ1) is 6.24. The van der Waals surface area contributed by atoms with E-state index in [0.29, 0.717) is 0 Å². The minimum atomic E-state index is -1.98. The summed E-state index contributed by atoms with van der Waals surface area (Å²) in [5.41, 5.74) is 0. The fourth-order valence-electron chi connectivity index (χ4n) is 0.362. The topological polar surface area (TPSA) is 108 Å². The van der Waals surface area contributed by atoms with Gasteiger partial charge in [0.1, 0.15) is 0 Å². The van der Waals surface area contributed by atoms with Crippen molar-refractivity contribution < 1.29 is 37.4 Å². The van der Waals surface area contributed by atoms with Crippen molar-refractivity contribution in [2.45, 2.75) is 0 Å². The Hall–Kier alpha value is -0.955. The monoisotopic (exact) mass is 184 g/mol. The van der Waals surface area contributed by atoms with Crippen LogP contribution >= 0.6 is 0 Å². The zero-order chi connectivity index (χ0) is 10.1. The van der Waals surface area contributed by atoms with Crippen LogP contribution in [-0.4, -0.2) is 41.7 Å². The molecule has 0 bridgehead atoms. The standard InChI is InChI=1S/B5HO8/c6-1-10-4(9)13-5(11-2-7)12-3-8/h9H. The molecule has 1 N–H and O–H groups in total. The number of hydrogen-bond acceptors (Lipinski definition) is 8. The molecule has 0 aromatic rings. The average Bonchev–Trinajstić information content (AvgIpc) is 2.05. The van der Waals surface area contributed by atoms with Crippen LogP contribution in [0.25, 0.3) is 0 Å². The molecule has 0 aromatic carbocycles. The maximum absolute atomic E-state index is 9.74. The molecule has 8 nitrogen and oxygen atoms in total. The number of rotatable bonds is 8. The summed E-state index contributed by atoms with van der Waals surface area (Å²) in [5, 5.41) is 8.61. The van der Waals surface area contributed by atoms with Crippen molar-refractivity contribution in [2.75, 3.05) is 0 Å². The van der Waals surface area contributed by atoms with Crippen LogP contribution in [-0.2, 0) is 32.4 Å². The molecule has 64 valence electrons.